The van der Waals surface area contributed by atoms with E-state index in [4.69, 9.17) is 4.74 Å². The molecule has 4 heteroatoms. The predicted octanol–water partition coefficient (Wildman–Crippen LogP) is 3.20. The number of methoxy groups -OCH3 is 1. The molecule has 1 rings (SSSR count). The van der Waals surface area contributed by atoms with Gasteiger partial charge in [0.1, 0.15) is 17.4 Å². The third-order valence-corrected chi connectivity index (χ3v) is 2.16. The first-order valence-corrected chi connectivity index (χ1v) is 4.85. The third-order valence-electron chi connectivity index (χ3n) is 2.16. The van der Waals surface area contributed by atoms with Gasteiger partial charge in [0.2, 0.25) is 0 Å². The van der Waals surface area contributed by atoms with E-state index in [-0.39, 0.29) is 5.75 Å². The third kappa shape index (κ3) is 2.38. The lowest BCUT2D eigenvalue weighted by Crippen LogP contribution is -2.22. The Morgan fingerprint density at radius 1 is 1.19 bits per heavy atom. The smallest absolute Gasteiger partial charge is 0.174 e. The van der Waals surface area contributed by atoms with Crippen LogP contribution in [0.15, 0.2) is 12.1 Å². The molecule has 2 nitrogen and oxygen atoms in total. The molecule has 0 aliphatic heterocycles. The van der Waals surface area contributed by atoms with Crippen LogP contribution in [-0.2, 0) is 0 Å². The van der Waals surface area contributed by atoms with Crippen molar-refractivity contribution in [2.45, 2.75) is 20.8 Å². The van der Waals surface area contributed by atoms with Gasteiger partial charge < -0.3 is 4.74 Å². The van der Waals surface area contributed by atoms with Crippen molar-refractivity contribution in [2.24, 2.45) is 5.41 Å². The summed E-state index contributed by atoms with van der Waals surface area (Å²) in [4.78, 5) is 11.8. The lowest BCUT2D eigenvalue weighted by Gasteiger charge is -2.17. The molecule has 0 bridgehead atoms. The maximum Gasteiger partial charge on any atom is 0.174 e. The van der Waals surface area contributed by atoms with E-state index in [9.17, 15) is 13.6 Å². The molecule has 0 radical (unpaired) electrons. The fraction of sp³-hybridized carbons (Fsp3) is 0.417. The Hall–Kier alpha value is -1.45. The molecule has 1 aromatic carbocycles. The number of hydrogen-bond acceptors (Lipinski definition) is 2. The minimum atomic E-state index is -0.892. The second-order valence-electron chi connectivity index (χ2n) is 4.55. The Balaban J connectivity index is 3.31. The summed E-state index contributed by atoms with van der Waals surface area (Å²) >= 11 is 0. The topological polar surface area (TPSA) is 26.3 Å². The number of hydrogen-bond donors (Lipinski definition) is 0. The van der Waals surface area contributed by atoms with E-state index in [2.05, 4.69) is 0 Å². The second kappa shape index (κ2) is 4.20. The molecule has 0 saturated carbocycles. The number of rotatable bonds is 2. The molecule has 0 atom stereocenters. The van der Waals surface area contributed by atoms with Crippen molar-refractivity contribution >= 4 is 5.78 Å². The van der Waals surface area contributed by atoms with Gasteiger partial charge in [0.15, 0.2) is 5.78 Å². The van der Waals surface area contributed by atoms with Gasteiger partial charge in [-0.05, 0) is 0 Å². The minimum Gasteiger partial charge on any atom is -0.497 e. The quantitative estimate of drug-likeness (QED) is 0.726. The molecular weight excluding hydrogens is 214 g/mol. The first kappa shape index (κ1) is 12.6. The Bertz CT molecular complexity index is 397. The summed E-state index contributed by atoms with van der Waals surface area (Å²) in [5.74, 6) is -2.29. The number of carbonyl (C=O) groups excluding carboxylic acids is 1. The molecule has 0 aliphatic rings. The number of halogens is 2. The van der Waals surface area contributed by atoms with Crippen LogP contribution < -0.4 is 4.74 Å². The van der Waals surface area contributed by atoms with Gasteiger partial charge in [-0.1, -0.05) is 20.8 Å². The molecule has 0 spiro atoms. The molecule has 0 aromatic heterocycles. The number of benzene rings is 1. The van der Waals surface area contributed by atoms with E-state index in [0.29, 0.717) is 0 Å². The normalized spacial score (nSPS) is 11.4. The highest BCUT2D eigenvalue weighted by Crippen LogP contribution is 2.27. The van der Waals surface area contributed by atoms with Crippen LogP contribution in [-0.4, -0.2) is 12.9 Å². The van der Waals surface area contributed by atoms with Crippen molar-refractivity contribution in [3.05, 3.63) is 29.3 Å². The highest BCUT2D eigenvalue weighted by molar-refractivity contribution is 6.00. The van der Waals surface area contributed by atoms with Crippen molar-refractivity contribution < 1.29 is 18.3 Å². The maximum atomic E-state index is 13.5. The molecule has 0 fully saturated rings. The summed E-state index contributed by atoms with van der Waals surface area (Å²) in [5.41, 5.74) is -1.33. The maximum absolute atomic E-state index is 13.5. The van der Waals surface area contributed by atoms with Crippen molar-refractivity contribution in [3.63, 3.8) is 0 Å². The van der Waals surface area contributed by atoms with Crippen molar-refractivity contribution in [1.29, 1.82) is 0 Å². The van der Waals surface area contributed by atoms with E-state index >= 15 is 0 Å². The predicted molar refractivity (Wildman–Crippen MR) is 56.7 cm³/mol. The average molecular weight is 228 g/mol. The van der Waals surface area contributed by atoms with E-state index in [1.165, 1.54) is 7.11 Å². The molecule has 0 saturated heterocycles. The minimum absolute atomic E-state index is 0.0560. The summed E-state index contributed by atoms with van der Waals surface area (Å²) < 4.78 is 31.8. The zero-order valence-electron chi connectivity index (χ0n) is 9.73. The Morgan fingerprint density at radius 3 is 1.94 bits per heavy atom. The van der Waals surface area contributed by atoms with Crippen LogP contribution in [0.1, 0.15) is 31.1 Å². The van der Waals surface area contributed by atoms with Crippen molar-refractivity contribution in [3.8, 4) is 5.75 Å². The summed E-state index contributed by atoms with van der Waals surface area (Å²) in [5, 5.41) is 0. The molecule has 0 N–H and O–H groups in total. The highest BCUT2D eigenvalue weighted by Gasteiger charge is 2.28. The van der Waals surface area contributed by atoms with Crippen LogP contribution in [0.4, 0.5) is 8.78 Å². The summed E-state index contributed by atoms with van der Waals surface area (Å²) in [7, 11) is 1.31. The van der Waals surface area contributed by atoms with Crippen LogP contribution in [0.3, 0.4) is 0 Å². The summed E-state index contributed by atoms with van der Waals surface area (Å²) in [6.45, 7) is 4.83. The average Bonchev–Trinajstić information content (AvgIpc) is 2.14. The molecule has 88 valence electrons. The van der Waals surface area contributed by atoms with Gasteiger partial charge in [-0.3, -0.25) is 4.79 Å². The fourth-order valence-electron chi connectivity index (χ4n) is 1.26. The summed E-state index contributed by atoms with van der Waals surface area (Å²) in [6, 6.07) is 2.00. The standard InChI is InChI=1S/C12H14F2O2/c1-12(2,3)11(15)10-8(13)5-7(16-4)6-9(10)14/h5-6H,1-4H3. The number of carbonyl (C=O) groups is 1. The van der Waals surface area contributed by atoms with Crippen molar-refractivity contribution in [2.75, 3.05) is 7.11 Å². The largest absolute Gasteiger partial charge is 0.497 e. The number of ether oxygens (including phenoxy) is 1. The van der Waals surface area contributed by atoms with Gasteiger partial charge in [0.25, 0.3) is 0 Å². The van der Waals surface area contributed by atoms with E-state index in [0.717, 1.165) is 12.1 Å². The van der Waals surface area contributed by atoms with E-state index < -0.39 is 28.4 Å². The second-order valence-corrected chi connectivity index (χ2v) is 4.55. The zero-order chi connectivity index (χ0) is 12.5. The van der Waals surface area contributed by atoms with Gasteiger partial charge in [-0.25, -0.2) is 8.78 Å². The van der Waals surface area contributed by atoms with Gasteiger partial charge in [-0.15, -0.1) is 0 Å². The SMILES string of the molecule is COc1cc(F)c(C(=O)C(C)(C)C)c(F)c1. The molecule has 0 unspecified atom stereocenters. The molecule has 0 amide bonds. The van der Waals surface area contributed by atoms with Crippen LogP contribution >= 0.6 is 0 Å². The van der Waals surface area contributed by atoms with Gasteiger partial charge in [0.05, 0.1) is 12.7 Å². The van der Waals surface area contributed by atoms with Crippen LogP contribution in [0.2, 0.25) is 0 Å². The lowest BCUT2D eigenvalue weighted by molar-refractivity contribution is 0.0849. The first-order chi connectivity index (χ1) is 7.27. The molecule has 16 heavy (non-hydrogen) atoms. The Kier molecular flexibility index (Phi) is 3.31. The summed E-state index contributed by atoms with van der Waals surface area (Å²) in [6.07, 6.45) is 0. The zero-order valence-corrected chi connectivity index (χ0v) is 9.73. The van der Waals surface area contributed by atoms with Crippen LogP contribution in [0.25, 0.3) is 0 Å². The number of ketones is 1. The van der Waals surface area contributed by atoms with Gasteiger partial charge in [-0.2, -0.15) is 0 Å². The van der Waals surface area contributed by atoms with E-state index in [1.807, 2.05) is 0 Å². The Labute approximate surface area is 93.2 Å². The lowest BCUT2D eigenvalue weighted by atomic mass is 9.86. The molecule has 1 aromatic rings. The Morgan fingerprint density at radius 2 is 1.62 bits per heavy atom. The van der Waals surface area contributed by atoms with Gasteiger partial charge in [0, 0.05) is 17.5 Å². The van der Waals surface area contributed by atoms with Crippen molar-refractivity contribution in [1.82, 2.24) is 0 Å². The molecule has 0 aliphatic carbocycles. The molecule has 0 heterocycles. The van der Waals surface area contributed by atoms with Crippen LogP contribution in [0.5, 0.6) is 5.75 Å². The van der Waals surface area contributed by atoms with E-state index in [1.54, 1.807) is 20.8 Å². The van der Waals surface area contributed by atoms with Gasteiger partial charge >= 0.3 is 0 Å². The fourth-order valence-corrected chi connectivity index (χ4v) is 1.26. The first-order valence-electron chi connectivity index (χ1n) is 4.85. The number of Topliss-reactive ketones (excluding diaryl/α,β-unsaturated/α-hetero) is 1. The highest BCUT2D eigenvalue weighted by atomic mass is 19.1. The monoisotopic (exact) mass is 228 g/mol. The molecular formula is C12H14F2O2. The van der Waals surface area contributed by atoms with Crippen LogP contribution in [0, 0.1) is 17.0 Å².